The monoisotopic (exact) mass is 452 g/mol. The number of benzene rings is 1. The highest BCUT2D eigenvalue weighted by Gasteiger charge is 2.48. The molecular weight excluding hydrogens is 416 g/mol. The van der Waals surface area contributed by atoms with Gasteiger partial charge in [-0.3, -0.25) is 0 Å². The van der Waals surface area contributed by atoms with Gasteiger partial charge in [-0.25, -0.2) is 0 Å². The summed E-state index contributed by atoms with van der Waals surface area (Å²) in [5.74, 6) is 0. The van der Waals surface area contributed by atoms with Crippen molar-refractivity contribution in [3.05, 3.63) is 41.5 Å². The zero-order chi connectivity index (χ0) is 23.0. The van der Waals surface area contributed by atoms with Crippen LogP contribution in [0.1, 0.15) is 38.0 Å². The van der Waals surface area contributed by atoms with E-state index in [1.54, 1.807) is 6.08 Å². The van der Waals surface area contributed by atoms with Crippen molar-refractivity contribution >= 4 is 14.4 Å². The van der Waals surface area contributed by atoms with Gasteiger partial charge in [0.05, 0.1) is 6.61 Å². The van der Waals surface area contributed by atoms with Crippen LogP contribution >= 0.6 is 0 Å². The molecule has 1 aliphatic heterocycles. The van der Waals surface area contributed by atoms with Crippen molar-refractivity contribution in [2.75, 3.05) is 13.7 Å². The highest BCUT2D eigenvalue weighted by molar-refractivity contribution is 6.74. The SMILES string of the molecule is CO[C@H]1O[C@H](CO[Si](C)(C)C(C)(C)C)[C@H](O)[C@H](O[C@@H]2C=Cc3ccccc3[C@H]2O)[C@H]1O. The van der Waals surface area contributed by atoms with Crippen LogP contribution < -0.4 is 0 Å². The largest absolute Gasteiger partial charge is 0.414 e. The lowest BCUT2D eigenvalue weighted by Crippen LogP contribution is -2.61. The fourth-order valence-corrected chi connectivity index (χ4v) is 4.63. The van der Waals surface area contributed by atoms with Crippen molar-refractivity contribution in [2.24, 2.45) is 0 Å². The molecule has 0 aromatic heterocycles. The van der Waals surface area contributed by atoms with Crippen LogP contribution in [0.5, 0.6) is 0 Å². The van der Waals surface area contributed by atoms with E-state index in [4.69, 9.17) is 18.6 Å². The fourth-order valence-electron chi connectivity index (χ4n) is 3.62. The van der Waals surface area contributed by atoms with Crippen LogP contribution in [-0.2, 0) is 18.6 Å². The minimum Gasteiger partial charge on any atom is -0.414 e. The second kappa shape index (κ2) is 9.41. The van der Waals surface area contributed by atoms with Crippen LogP contribution in [0.4, 0.5) is 0 Å². The zero-order valence-corrected chi connectivity index (χ0v) is 20.2. The molecule has 0 radical (unpaired) electrons. The van der Waals surface area contributed by atoms with Gasteiger partial charge in [0.1, 0.15) is 36.6 Å². The van der Waals surface area contributed by atoms with Crippen molar-refractivity contribution in [3.8, 4) is 0 Å². The average Bonchev–Trinajstić information content (AvgIpc) is 2.71. The van der Waals surface area contributed by atoms with E-state index in [0.717, 1.165) is 11.1 Å². The molecule has 1 aromatic carbocycles. The van der Waals surface area contributed by atoms with E-state index in [1.165, 1.54) is 7.11 Å². The molecule has 0 amide bonds. The molecule has 8 heteroatoms. The number of fused-ring (bicyclic) bond motifs is 1. The molecule has 3 rings (SSSR count). The van der Waals surface area contributed by atoms with Gasteiger partial charge < -0.3 is 34.0 Å². The van der Waals surface area contributed by atoms with Gasteiger partial charge in [0, 0.05) is 7.11 Å². The number of aliphatic hydroxyl groups excluding tert-OH is 3. The maximum Gasteiger partial charge on any atom is 0.192 e. The second-order valence-electron chi connectivity index (χ2n) is 9.83. The third-order valence-electron chi connectivity index (χ3n) is 6.69. The number of hydrogen-bond acceptors (Lipinski definition) is 7. The van der Waals surface area contributed by atoms with Gasteiger partial charge in [0.2, 0.25) is 0 Å². The molecule has 0 saturated carbocycles. The molecule has 1 saturated heterocycles. The molecule has 0 unspecified atom stereocenters. The fraction of sp³-hybridized carbons (Fsp3) is 0.652. The summed E-state index contributed by atoms with van der Waals surface area (Å²) in [5, 5.41) is 32.5. The molecule has 1 aromatic rings. The van der Waals surface area contributed by atoms with E-state index < -0.39 is 51.2 Å². The van der Waals surface area contributed by atoms with Gasteiger partial charge in [0.15, 0.2) is 14.6 Å². The van der Waals surface area contributed by atoms with E-state index in [0.29, 0.717) is 0 Å². The molecule has 31 heavy (non-hydrogen) atoms. The summed E-state index contributed by atoms with van der Waals surface area (Å²) in [6.45, 7) is 10.8. The summed E-state index contributed by atoms with van der Waals surface area (Å²) < 4.78 is 23.4. The Morgan fingerprint density at radius 1 is 1.06 bits per heavy atom. The Morgan fingerprint density at radius 3 is 2.39 bits per heavy atom. The highest BCUT2D eigenvalue weighted by Crippen LogP contribution is 2.38. The number of rotatable bonds is 6. The Balaban J connectivity index is 1.74. The maximum atomic E-state index is 11.0. The first-order chi connectivity index (χ1) is 14.5. The van der Waals surface area contributed by atoms with Crippen molar-refractivity contribution in [1.82, 2.24) is 0 Å². The van der Waals surface area contributed by atoms with Gasteiger partial charge in [-0.2, -0.15) is 0 Å². The molecule has 7 nitrogen and oxygen atoms in total. The van der Waals surface area contributed by atoms with Gasteiger partial charge >= 0.3 is 0 Å². The van der Waals surface area contributed by atoms with Crippen LogP contribution in [0.15, 0.2) is 30.3 Å². The molecule has 174 valence electrons. The average molecular weight is 453 g/mol. The number of hydrogen-bond donors (Lipinski definition) is 3. The van der Waals surface area contributed by atoms with Crippen molar-refractivity contribution < 1.29 is 34.0 Å². The van der Waals surface area contributed by atoms with Crippen LogP contribution in [0.2, 0.25) is 18.1 Å². The molecule has 1 aliphatic carbocycles. The van der Waals surface area contributed by atoms with Gasteiger partial charge in [-0.05, 0) is 29.3 Å². The van der Waals surface area contributed by atoms with Crippen LogP contribution in [0.3, 0.4) is 0 Å². The first-order valence-electron chi connectivity index (χ1n) is 10.8. The summed E-state index contributed by atoms with van der Waals surface area (Å²) in [5.41, 5.74) is 1.66. The lowest BCUT2D eigenvalue weighted by molar-refractivity contribution is -0.307. The topological polar surface area (TPSA) is 97.6 Å². The molecule has 2 aliphatic rings. The minimum absolute atomic E-state index is 0.00703. The third kappa shape index (κ3) is 5.12. The van der Waals surface area contributed by atoms with Crippen molar-refractivity contribution in [2.45, 2.75) is 81.8 Å². The third-order valence-corrected chi connectivity index (χ3v) is 11.2. The van der Waals surface area contributed by atoms with Crippen molar-refractivity contribution in [3.63, 3.8) is 0 Å². The summed E-state index contributed by atoms with van der Waals surface area (Å²) >= 11 is 0. The first-order valence-corrected chi connectivity index (χ1v) is 13.7. The lowest BCUT2D eigenvalue weighted by atomic mass is 9.92. The Kier molecular flexibility index (Phi) is 7.45. The number of methoxy groups -OCH3 is 1. The molecule has 1 fully saturated rings. The quantitative estimate of drug-likeness (QED) is 0.571. The summed E-state index contributed by atoms with van der Waals surface area (Å²) in [6.07, 6.45) is -3.11. The standard InChI is InChI=1S/C23H36O7Si/c1-23(2,3)31(5,6)28-13-17-19(25)21(20(26)22(27-4)30-17)29-16-12-11-14-9-7-8-10-15(14)18(16)24/h7-12,16-22,24-26H,13H2,1-6H3/t16-,17-,18-,19+,20-,21+,22+/m1/s1. The summed E-state index contributed by atoms with van der Waals surface area (Å²) in [7, 11) is -0.639. The number of aliphatic hydroxyl groups is 3. The van der Waals surface area contributed by atoms with Crippen LogP contribution in [0.25, 0.3) is 6.08 Å². The molecule has 1 heterocycles. The van der Waals surface area contributed by atoms with Gasteiger partial charge in [-0.15, -0.1) is 0 Å². The molecule has 0 spiro atoms. The Morgan fingerprint density at radius 2 is 1.74 bits per heavy atom. The van der Waals surface area contributed by atoms with E-state index >= 15 is 0 Å². The van der Waals surface area contributed by atoms with E-state index in [2.05, 4.69) is 33.9 Å². The first kappa shape index (κ1) is 24.5. The Bertz CT molecular complexity index is 775. The zero-order valence-electron chi connectivity index (χ0n) is 19.2. The van der Waals surface area contributed by atoms with Gasteiger partial charge in [0.25, 0.3) is 0 Å². The van der Waals surface area contributed by atoms with Gasteiger partial charge in [-0.1, -0.05) is 57.2 Å². The predicted octanol–water partition coefficient (Wildman–Crippen LogP) is 2.62. The van der Waals surface area contributed by atoms with Crippen LogP contribution in [-0.4, -0.2) is 74.2 Å². The minimum atomic E-state index is -2.07. The predicted molar refractivity (Wildman–Crippen MR) is 120 cm³/mol. The Labute approximate surface area is 185 Å². The number of ether oxygens (including phenoxy) is 3. The Hall–Kier alpha value is -1.10. The normalized spacial score (nSPS) is 33.9. The van der Waals surface area contributed by atoms with Crippen molar-refractivity contribution in [1.29, 1.82) is 0 Å². The maximum absolute atomic E-state index is 11.0. The van der Waals surface area contributed by atoms with E-state index in [-0.39, 0.29) is 11.6 Å². The smallest absolute Gasteiger partial charge is 0.192 e. The molecular formula is C23H36O7Si. The molecule has 0 bridgehead atoms. The van der Waals surface area contributed by atoms with E-state index in [9.17, 15) is 15.3 Å². The lowest BCUT2D eigenvalue weighted by Gasteiger charge is -2.45. The van der Waals surface area contributed by atoms with Crippen LogP contribution in [0, 0.1) is 0 Å². The van der Waals surface area contributed by atoms with E-state index in [1.807, 2.05) is 30.3 Å². The second-order valence-corrected chi connectivity index (χ2v) is 14.6. The molecule has 7 atom stereocenters. The highest BCUT2D eigenvalue weighted by atomic mass is 28.4. The summed E-state index contributed by atoms with van der Waals surface area (Å²) in [4.78, 5) is 0. The summed E-state index contributed by atoms with van der Waals surface area (Å²) in [6, 6.07) is 7.51. The molecule has 3 N–H and O–H groups in total.